The minimum atomic E-state index is -0.192. The monoisotopic (exact) mass is 377 g/mol. The van der Waals surface area contributed by atoms with Gasteiger partial charge >= 0.3 is 0 Å². The maximum Gasteiger partial charge on any atom is 0.229 e. The number of anilines is 2. The smallest absolute Gasteiger partial charge is 0.229 e. The first kappa shape index (κ1) is 18.7. The molecule has 0 aliphatic carbocycles. The van der Waals surface area contributed by atoms with Gasteiger partial charge in [0.1, 0.15) is 5.82 Å². The molecule has 1 aromatic carbocycles. The fraction of sp³-hybridized carbons (Fsp3) is 0.364. The molecule has 1 fully saturated rings. The van der Waals surface area contributed by atoms with Gasteiger partial charge in [0.2, 0.25) is 5.95 Å². The summed E-state index contributed by atoms with van der Waals surface area (Å²) in [6.45, 7) is 8.84. The summed E-state index contributed by atoms with van der Waals surface area (Å²) in [5, 5.41) is 13.1. The molecule has 1 aliphatic rings. The lowest BCUT2D eigenvalue weighted by molar-refractivity contribution is 0.174. The molecule has 1 saturated heterocycles. The molecule has 6 heteroatoms. The third kappa shape index (κ3) is 4.24. The second kappa shape index (κ2) is 7.73. The van der Waals surface area contributed by atoms with Gasteiger partial charge in [-0.1, -0.05) is 6.07 Å². The highest BCUT2D eigenvalue weighted by Crippen LogP contribution is 2.21. The zero-order valence-electron chi connectivity index (χ0n) is 16.7. The number of nitrogens with zero attached hydrogens (tertiary/aromatic N) is 4. The number of likely N-dealkylation sites (tertiary alicyclic amines) is 1. The van der Waals surface area contributed by atoms with Gasteiger partial charge in [-0.3, -0.25) is 4.90 Å². The summed E-state index contributed by atoms with van der Waals surface area (Å²) in [5.41, 5.74) is 5.89. The molecule has 4 rings (SSSR count). The van der Waals surface area contributed by atoms with Crippen LogP contribution in [-0.4, -0.2) is 43.7 Å². The molecular weight excluding hydrogens is 350 g/mol. The average molecular weight is 377 g/mol. The lowest BCUT2D eigenvalue weighted by atomic mass is 10.1. The molecule has 2 aromatic heterocycles. The summed E-state index contributed by atoms with van der Waals surface area (Å²) in [5.74, 6) is 1.41. The zero-order valence-corrected chi connectivity index (χ0v) is 16.7. The van der Waals surface area contributed by atoms with Crippen molar-refractivity contribution in [3.8, 4) is 5.82 Å². The maximum atomic E-state index is 9.75. The van der Waals surface area contributed by atoms with Gasteiger partial charge in [-0.25, -0.2) is 4.98 Å². The van der Waals surface area contributed by atoms with E-state index in [-0.39, 0.29) is 6.10 Å². The summed E-state index contributed by atoms with van der Waals surface area (Å²) in [6, 6.07) is 8.23. The second-order valence-electron chi connectivity index (χ2n) is 7.79. The van der Waals surface area contributed by atoms with Gasteiger partial charge in [-0.05, 0) is 67.6 Å². The highest BCUT2D eigenvalue weighted by molar-refractivity contribution is 5.56. The molecule has 0 saturated carbocycles. The zero-order chi connectivity index (χ0) is 19.7. The molecular formula is C22H27N5O. The highest BCUT2D eigenvalue weighted by Gasteiger charge is 2.21. The molecule has 0 spiro atoms. The average Bonchev–Trinajstić information content (AvgIpc) is 3.20. The number of aryl methyl sites for hydroxylation is 3. The third-order valence-electron chi connectivity index (χ3n) is 5.16. The number of aliphatic hydroxyl groups excluding tert-OH is 1. The van der Waals surface area contributed by atoms with E-state index >= 15 is 0 Å². The Hall–Kier alpha value is -2.70. The number of hydrogen-bond acceptors (Lipinski definition) is 5. The van der Waals surface area contributed by atoms with E-state index in [1.165, 1.54) is 22.3 Å². The second-order valence-corrected chi connectivity index (χ2v) is 7.79. The van der Waals surface area contributed by atoms with Crippen LogP contribution in [0.1, 0.15) is 28.7 Å². The van der Waals surface area contributed by atoms with E-state index in [4.69, 9.17) is 0 Å². The first-order chi connectivity index (χ1) is 13.5. The van der Waals surface area contributed by atoms with Crippen molar-refractivity contribution in [3.63, 3.8) is 0 Å². The van der Waals surface area contributed by atoms with Gasteiger partial charge in [0.25, 0.3) is 0 Å². The van der Waals surface area contributed by atoms with Crippen LogP contribution in [0.2, 0.25) is 0 Å². The normalized spacial score (nSPS) is 17.2. The Morgan fingerprint density at radius 3 is 2.64 bits per heavy atom. The van der Waals surface area contributed by atoms with E-state index in [0.29, 0.717) is 5.95 Å². The summed E-state index contributed by atoms with van der Waals surface area (Å²) >= 11 is 0. The van der Waals surface area contributed by atoms with Crippen LogP contribution >= 0.6 is 0 Å². The largest absolute Gasteiger partial charge is 0.392 e. The van der Waals surface area contributed by atoms with Crippen LogP contribution in [0.3, 0.4) is 0 Å². The Labute approximate surface area is 165 Å². The number of nitrogens with one attached hydrogen (secondary N) is 1. The summed E-state index contributed by atoms with van der Waals surface area (Å²) in [6.07, 6.45) is 6.68. The first-order valence-corrected chi connectivity index (χ1v) is 9.73. The Morgan fingerprint density at radius 2 is 1.93 bits per heavy atom. The number of benzene rings is 1. The highest BCUT2D eigenvalue weighted by atomic mass is 16.3. The molecule has 1 aliphatic heterocycles. The molecule has 3 aromatic rings. The van der Waals surface area contributed by atoms with Gasteiger partial charge < -0.3 is 15.0 Å². The molecule has 28 heavy (non-hydrogen) atoms. The quantitative estimate of drug-likeness (QED) is 0.712. The minimum Gasteiger partial charge on any atom is -0.392 e. The van der Waals surface area contributed by atoms with Gasteiger partial charge in [0.15, 0.2) is 0 Å². The van der Waals surface area contributed by atoms with Crippen LogP contribution in [0, 0.1) is 20.8 Å². The SMILES string of the molecule is Cc1cc(C)cc(Nc2nccc(-n3cc(C)c(CN4CC[C@@H](O)C4)c3)n2)c1. The topological polar surface area (TPSA) is 66.2 Å². The van der Waals surface area contributed by atoms with Gasteiger partial charge in [0, 0.05) is 43.9 Å². The van der Waals surface area contributed by atoms with Crippen molar-refractivity contribution in [2.45, 2.75) is 39.8 Å². The van der Waals surface area contributed by atoms with E-state index < -0.39 is 0 Å². The Bertz CT molecular complexity index is 961. The molecule has 2 N–H and O–H groups in total. The van der Waals surface area contributed by atoms with Crippen molar-refractivity contribution in [1.82, 2.24) is 19.4 Å². The number of β-amino-alcohol motifs (C(OH)–C–C–N with tert-alkyl or cyclic N) is 1. The number of rotatable bonds is 5. The number of aromatic nitrogens is 3. The standard InChI is InChI=1S/C22H27N5O/c1-15-8-16(2)10-19(9-15)24-22-23-6-4-21(25-22)27-11-17(3)18(13-27)12-26-7-5-20(28)14-26/h4,6,8-11,13,20,28H,5,7,12,14H2,1-3H3,(H,23,24,25)/t20-/m1/s1. The van der Waals surface area contributed by atoms with E-state index in [2.05, 4.69) is 71.5 Å². The van der Waals surface area contributed by atoms with Crippen LogP contribution in [0.5, 0.6) is 0 Å². The Kier molecular flexibility index (Phi) is 5.15. The number of hydrogen-bond donors (Lipinski definition) is 2. The van der Waals surface area contributed by atoms with Crippen LogP contribution in [0.15, 0.2) is 42.9 Å². The van der Waals surface area contributed by atoms with Crippen LogP contribution in [0.4, 0.5) is 11.6 Å². The number of aliphatic hydroxyl groups is 1. The molecule has 0 amide bonds. The fourth-order valence-electron chi connectivity index (χ4n) is 3.82. The summed E-state index contributed by atoms with van der Waals surface area (Å²) < 4.78 is 2.05. The van der Waals surface area contributed by atoms with Crippen molar-refractivity contribution in [2.75, 3.05) is 18.4 Å². The van der Waals surface area contributed by atoms with Crippen LogP contribution in [0.25, 0.3) is 5.82 Å². The predicted octanol–water partition coefficient (Wildman–Crippen LogP) is 3.50. The Morgan fingerprint density at radius 1 is 1.14 bits per heavy atom. The lowest BCUT2D eigenvalue weighted by Crippen LogP contribution is -2.21. The van der Waals surface area contributed by atoms with E-state index in [0.717, 1.165) is 37.6 Å². The van der Waals surface area contributed by atoms with Crippen molar-refractivity contribution < 1.29 is 5.11 Å². The van der Waals surface area contributed by atoms with Crippen molar-refractivity contribution >= 4 is 11.6 Å². The summed E-state index contributed by atoms with van der Waals surface area (Å²) in [7, 11) is 0. The van der Waals surface area contributed by atoms with Crippen LogP contribution < -0.4 is 5.32 Å². The molecule has 0 unspecified atom stereocenters. The minimum absolute atomic E-state index is 0.192. The Balaban J connectivity index is 1.53. The lowest BCUT2D eigenvalue weighted by Gasteiger charge is -2.14. The summed E-state index contributed by atoms with van der Waals surface area (Å²) in [4.78, 5) is 11.3. The van der Waals surface area contributed by atoms with E-state index in [9.17, 15) is 5.11 Å². The van der Waals surface area contributed by atoms with Gasteiger partial charge in [-0.15, -0.1) is 0 Å². The molecule has 6 nitrogen and oxygen atoms in total. The van der Waals surface area contributed by atoms with E-state index in [1.807, 2.05) is 10.6 Å². The fourth-order valence-corrected chi connectivity index (χ4v) is 3.82. The van der Waals surface area contributed by atoms with Crippen molar-refractivity contribution in [1.29, 1.82) is 0 Å². The van der Waals surface area contributed by atoms with Gasteiger partial charge in [0.05, 0.1) is 6.10 Å². The van der Waals surface area contributed by atoms with Crippen molar-refractivity contribution in [3.05, 3.63) is 65.1 Å². The van der Waals surface area contributed by atoms with Gasteiger partial charge in [-0.2, -0.15) is 4.98 Å². The molecule has 3 heterocycles. The van der Waals surface area contributed by atoms with Crippen molar-refractivity contribution in [2.24, 2.45) is 0 Å². The third-order valence-corrected chi connectivity index (χ3v) is 5.16. The molecule has 1 atom stereocenters. The van der Waals surface area contributed by atoms with Crippen LogP contribution in [-0.2, 0) is 6.54 Å². The maximum absolute atomic E-state index is 9.75. The predicted molar refractivity (Wildman–Crippen MR) is 111 cm³/mol. The first-order valence-electron chi connectivity index (χ1n) is 9.73. The molecule has 0 bridgehead atoms. The molecule has 146 valence electrons. The van der Waals surface area contributed by atoms with E-state index in [1.54, 1.807) is 6.20 Å². The molecule has 0 radical (unpaired) electrons.